The fourth-order valence-corrected chi connectivity index (χ4v) is 2.01. The molecule has 0 spiro atoms. The molecule has 1 aromatic carbocycles. The summed E-state index contributed by atoms with van der Waals surface area (Å²) in [5, 5.41) is 0. The fraction of sp³-hybridized carbons (Fsp3) is 0.0714. The molecule has 0 bridgehead atoms. The average Bonchev–Trinajstić information content (AvgIpc) is 2.82. The number of halogens is 1. The molecular formula is C14H11FN2O. The molecule has 0 atom stereocenters. The molecule has 0 saturated heterocycles. The number of hydrogen-bond donors (Lipinski definition) is 0. The van der Waals surface area contributed by atoms with Crippen molar-refractivity contribution in [2.75, 3.05) is 7.11 Å². The van der Waals surface area contributed by atoms with E-state index >= 15 is 0 Å². The van der Waals surface area contributed by atoms with Gasteiger partial charge in [-0.05, 0) is 24.3 Å². The van der Waals surface area contributed by atoms with E-state index in [4.69, 9.17) is 4.74 Å². The summed E-state index contributed by atoms with van der Waals surface area (Å²) in [5.41, 5.74) is 1.60. The quantitative estimate of drug-likeness (QED) is 0.690. The Balaban J connectivity index is 2.25. The Morgan fingerprint density at radius 3 is 2.89 bits per heavy atom. The average molecular weight is 242 g/mol. The maximum Gasteiger partial charge on any atom is 0.144 e. The lowest BCUT2D eigenvalue weighted by Crippen LogP contribution is -1.92. The first-order chi connectivity index (χ1) is 8.79. The van der Waals surface area contributed by atoms with Gasteiger partial charge in [0.15, 0.2) is 0 Å². The van der Waals surface area contributed by atoms with Crippen molar-refractivity contribution >= 4 is 5.52 Å². The van der Waals surface area contributed by atoms with E-state index in [0.29, 0.717) is 5.82 Å². The number of imidazole rings is 1. The van der Waals surface area contributed by atoms with Crippen molar-refractivity contribution in [3.63, 3.8) is 0 Å². The standard InChI is InChI=1S/C14H11FN2O/c1-18-13-6-3-7-17-12(13)9-16-14(17)10-4-2-5-11(15)8-10/h2-9H,1H3. The number of ether oxygens (including phenoxy) is 1. The van der Waals surface area contributed by atoms with Gasteiger partial charge in [-0.1, -0.05) is 12.1 Å². The Morgan fingerprint density at radius 2 is 2.11 bits per heavy atom. The summed E-state index contributed by atoms with van der Waals surface area (Å²) in [4.78, 5) is 4.33. The highest BCUT2D eigenvalue weighted by atomic mass is 19.1. The number of nitrogens with zero attached hydrogens (tertiary/aromatic N) is 2. The number of pyridine rings is 1. The predicted octanol–water partition coefficient (Wildman–Crippen LogP) is 3.15. The number of fused-ring (bicyclic) bond motifs is 1. The van der Waals surface area contributed by atoms with Gasteiger partial charge in [-0.25, -0.2) is 9.37 Å². The Morgan fingerprint density at radius 1 is 1.22 bits per heavy atom. The molecule has 18 heavy (non-hydrogen) atoms. The predicted molar refractivity (Wildman–Crippen MR) is 67.1 cm³/mol. The molecule has 0 aliphatic carbocycles. The van der Waals surface area contributed by atoms with E-state index in [0.717, 1.165) is 16.8 Å². The molecule has 0 aliphatic heterocycles. The summed E-state index contributed by atoms with van der Waals surface area (Å²) in [6.45, 7) is 0. The first kappa shape index (κ1) is 10.8. The number of aromatic nitrogens is 2. The fourth-order valence-electron chi connectivity index (χ4n) is 2.01. The van der Waals surface area contributed by atoms with Crippen LogP contribution in [0.5, 0.6) is 5.75 Å². The zero-order chi connectivity index (χ0) is 12.5. The molecule has 3 nitrogen and oxygen atoms in total. The second-order valence-corrected chi connectivity index (χ2v) is 3.92. The third-order valence-electron chi connectivity index (χ3n) is 2.83. The van der Waals surface area contributed by atoms with E-state index < -0.39 is 0 Å². The molecular weight excluding hydrogens is 231 g/mol. The minimum Gasteiger partial charge on any atom is -0.494 e. The van der Waals surface area contributed by atoms with Crippen LogP contribution >= 0.6 is 0 Å². The van der Waals surface area contributed by atoms with E-state index in [1.807, 2.05) is 28.8 Å². The highest BCUT2D eigenvalue weighted by Crippen LogP contribution is 2.25. The van der Waals surface area contributed by atoms with Crippen LogP contribution in [0.15, 0.2) is 48.8 Å². The maximum atomic E-state index is 13.2. The molecule has 0 fully saturated rings. The van der Waals surface area contributed by atoms with Gasteiger partial charge in [0.05, 0.1) is 13.3 Å². The van der Waals surface area contributed by atoms with Gasteiger partial charge in [0.25, 0.3) is 0 Å². The van der Waals surface area contributed by atoms with Crippen LogP contribution in [0.3, 0.4) is 0 Å². The SMILES string of the molecule is COc1cccn2c(-c3cccc(F)c3)ncc12. The van der Waals surface area contributed by atoms with Crippen LogP contribution < -0.4 is 4.74 Å². The normalized spacial score (nSPS) is 10.8. The lowest BCUT2D eigenvalue weighted by molar-refractivity contribution is 0.418. The molecule has 0 radical (unpaired) electrons. The van der Waals surface area contributed by atoms with Crippen molar-refractivity contribution in [1.29, 1.82) is 0 Å². The zero-order valence-corrected chi connectivity index (χ0v) is 9.80. The van der Waals surface area contributed by atoms with Crippen LogP contribution in [0.25, 0.3) is 16.9 Å². The first-order valence-electron chi connectivity index (χ1n) is 5.55. The van der Waals surface area contributed by atoms with Gasteiger partial charge < -0.3 is 4.74 Å². The van der Waals surface area contributed by atoms with Gasteiger partial charge in [0.1, 0.15) is 22.9 Å². The second-order valence-electron chi connectivity index (χ2n) is 3.92. The molecule has 4 heteroatoms. The monoisotopic (exact) mass is 242 g/mol. The van der Waals surface area contributed by atoms with E-state index in [1.54, 1.807) is 19.4 Å². The van der Waals surface area contributed by atoms with E-state index in [-0.39, 0.29) is 5.82 Å². The highest BCUT2D eigenvalue weighted by molar-refractivity contribution is 5.67. The van der Waals surface area contributed by atoms with Gasteiger partial charge in [-0.15, -0.1) is 0 Å². The molecule has 0 saturated carbocycles. The lowest BCUT2D eigenvalue weighted by atomic mass is 10.2. The molecule has 0 unspecified atom stereocenters. The third kappa shape index (κ3) is 1.62. The molecule has 0 amide bonds. The Hall–Kier alpha value is -2.36. The van der Waals surface area contributed by atoms with Crippen molar-refractivity contribution in [2.24, 2.45) is 0 Å². The maximum absolute atomic E-state index is 13.2. The summed E-state index contributed by atoms with van der Waals surface area (Å²) in [6, 6.07) is 10.1. The van der Waals surface area contributed by atoms with Crippen LogP contribution in [-0.4, -0.2) is 16.5 Å². The minimum absolute atomic E-state index is 0.271. The topological polar surface area (TPSA) is 26.5 Å². The zero-order valence-electron chi connectivity index (χ0n) is 9.80. The summed E-state index contributed by atoms with van der Waals surface area (Å²) < 4.78 is 20.4. The molecule has 3 rings (SSSR count). The van der Waals surface area contributed by atoms with Crippen LogP contribution in [0.2, 0.25) is 0 Å². The summed E-state index contributed by atoms with van der Waals surface area (Å²) in [6.07, 6.45) is 3.60. The van der Waals surface area contributed by atoms with Crippen molar-refractivity contribution in [3.05, 3.63) is 54.6 Å². The van der Waals surface area contributed by atoms with E-state index in [1.165, 1.54) is 12.1 Å². The van der Waals surface area contributed by atoms with E-state index in [2.05, 4.69) is 4.98 Å². The van der Waals surface area contributed by atoms with Gasteiger partial charge in [0.2, 0.25) is 0 Å². The smallest absolute Gasteiger partial charge is 0.144 e. The number of hydrogen-bond acceptors (Lipinski definition) is 2. The number of rotatable bonds is 2. The first-order valence-corrected chi connectivity index (χ1v) is 5.55. The van der Waals surface area contributed by atoms with Crippen molar-refractivity contribution < 1.29 is 9.13 Å². The van der Waals surface area contributed by atoms with Gasteiger partial charge in [-0.3, -0.25) is 4.40 Å². The molecule has 0 N–H and O–H groups in total. The summed E-state index contributed by atoms with van der Waals surface area (Å²) >= 11 is 0. The summed E-state index contributed by atoms with van der Waals surface area (Å²) in [7, 11) is 1.62. The summed E-state index contributed by atoms with van der Waals surface area (Å²) in [5.74, 6) is 1.17. The van der Waals surface area contributed by atoms with Gasteiger partial charge >= 0.3 is 0 Å². The van der Waals surface area contributed by atoms with Gasteiger partial charge in [-0.2, -0.15) is 0 Å². The second kappa shape index (κ2) is 4.14. The van der Waals surface area contributed by atoms with Crippen LogP contribution in [0.1, 0.15) is 0 Å². The Kier molecular flexibility index (Phi) is 2.48. The molecule has 3 aromatic rings. The number of benzene rings is 1. The molecule has 90 valence electrons. The Labute approximate surface area is 103 Å². The molecule has 0 aliphatic rings. The minimum atomic E-state index is -0.271. The Bertz CT molecular complexity index is 706. The van der Waals surface area contributed by atoms with Gasteiger partial charge in [0, 0.05) is 11.8 Å². The van der Waals surface area contributed by atoms with Crippen molar-refractivity contribution in [3.8, 4) is 17.1 Å². The largest absolute Gasteiger partial charge is 0.494 e. The number of methoxy groups -OCH3 is 1. The van der Waals surface area contributed by atoms with Crippen LogP contribution in [-0.2, 0) is 0 Å². The third-order valence-corrected chi connectivity index (χ3v) is 2.83. The lowest BCUT2D eigenvalue weighted by Gasteiger charge is -2.04. The van der Waals surface area contributed by atoms with Crippen molar-refractivity contribution in [1.82, 2.24) is 9.38 Å². The van der Waals surface area contributed by atoms with Crippen molar-refractivity contribution in [2.45, 2.75) is 0 Å². The molecule has 2 aromatic heterocycles. The highest BCUT2D eigenvalue weighted by Gasteiger charge is 2.09. The van der Waals surface area contributed by atoms with Crippen LogP contribution in [0, 0.1) is 5.82 Å². The molecule has 2 heterocycles. The van der Waals surface area contributed by atoms with E-state index in [9.17, 15) is 4.39 Å². The van der Waals surface area contributed by atoms with Crippen LogP contribution in [0.4, 0.5) is 4.39 Å².